The number of hydrogen-bond acceptors (Lipinski definition) is 4. The second-order valence-electron chi connectivity index (χ2n) is 5.91. The fourth-order valence-corrected chi connectivity index (χ4v) is 5.24. The molecule has 3 heterocycles. The Bertz CT molecular complexity index is 468. The van der Waals surface area contributed by atoms with Crippen LogP contribution in [0.1, 0.15) is 44.2 Å². The molecule has 20 heavy (non-hydrogen) atoms. The Labute approximate surface area is 129 Å². The minimum atomic E-state index is -0.0166. The first-order valence-electron chi connectivity index (χ1n) is 7.37. The lowest BCUT2D eigenvalue weighted by atomic mass is 10.0. The molecule has 2 fully saturated rings. The number of carbonyl (C=O) groups excluding carboxylic acids is 1. The van der Waals surface area contributed by atoms with E-state index in [9.17, 15) is 4.79 Å². The van der Waals surface area contributed by atoms with E-state index in [-0.39, 0.29) is 22.9 Å². The fourth-order valence-electron chi connectivity index (χ4n) is 3.15. The van der Waals surface area contributed by atoms with Crippen molar-refractivity contribution in [2.24, 2.45) is 0 Å². The molecule has 3 atom stereocenters. The summed E-state index contributed by atoms with van der Waals surface area (Å²) in [6.07, 6.45) is 3.43. The molecule has 0 spiro atoms. The second-order valence-corrected chi connectivity index (χ2v) is 8.58. The number of amides is 1. The summed E-state index contributed by atoms with van der Waals surface area (Å²) in [6.45, 7) is 5.25. The van der Waals surface area contributed by atoms with E-state index in [1.807, 2.05) is 11.8 Å². The van der Waals surface area contributed by atoms with Crippen LogP contribution in [-0.4, -0.2) is 33.9 Å². The summed E-state index contributed by atoms with van der Waals surface area (Å²) in [5.74, 6) is 1.51. The summed E-state index contributed by atoms with van der Waals surface area (Å²) in [5, 5.41) is 5.60. The highest BCUT2D eigenvalue weighted by Gasteiger charge is 2.43. The molecule has 3 rings (SSSR count). The maximum Gasteiger partial charge on any atom is 0.241 e. The molecule has 0 aliphatic carbocycles. The molecule has 3 nitrogen and oxygen atoms in total. The van der Waals surface area contributed by atoms with Gasteiger partial charge in [-0.2, -0.15) is 11.8 Å². The van der Waals surface area contributed by atoms with Crippen molar-refractivity contribution in [3.05, 3.63) is 22.4 Å². The molecule has 1 aromatic heterocycles. The van der Waals surface area contributed by atoms with Gasteiger partial charge < -0.3 is 4.90 Å². The van der Waals surface area contributed by atoms with Gasteiger partial charge in [-0.1, -0.05) is 13.0 Å². The molecular formula is C15H22N2OS2. The minimum absolute atomic E-state index is 0.0166. The molecule has 1 aromatic rings. The number of rotatable bonds is 4. The molecule has 0 saturated carbocycles. The van der Waals surface area contributed by atoms with Crippen molar-refractivity contribution in [1.82, 2.24) is 10.2 Å². The normalized spacial score (nSPS) is 34.1. The van der Waals surface area contributed by atoms with E-state index in [2.05, 4.69) is 41.6 Å². The van der Waals surface area contributed by atoms with Crippen LogP contribution in [0.3, 0.4) is 0 Å². The molecule has 2 saturated heterocycles. The van der Waals surface area contributed by atoms with E-state index in [0.717, 1.165) is 13.0 Å². The molecule has 2 aliphatic rings. The monoisotopic (exact) mass is 310 g/mol. The Morgan fingerprint density at radius 1 is 1.55 bits per heavy atom. The van der Waals surface area contributed by atoms with Gasteiger partial charge in [-0.3, -0.25) is 10.1 Å². The highest BCUT2D eigenvalue weighted by atomic mass is 32.2. The van der Waals surface area contributed by atoms with E-state index in [1.54, 1.807) is 11.3 Å². The highest BCUT2D eigenvalue weighted by molar-refractivity contribution is 8.00. The molecule has 0 bridgehead atoms. The molecule has 0 radical (unpaired) electrons. The van der Waals surface area contributed by atoms with Crippen molar-refractivity contribution < 1.29 is 4.79 Å². The number of carbonyl (C=O) groups is 1. The van der Waals surface area contributed by atoms with E-state index in [0.29, 0.717) is 0 Å². The van der Waals surface area contributed by atoms with Crippen molar-refractivity contribution >= 4 is 29.0 Å². The van der Waals surface area contributed by atoms with E-state index in [4.69, 9.17) is 0 Å². The van der Waals surface area contributed by atoms with Gasteiger partial charge >= 0.3 is 0 Å². The maximum absolute atomic E-state index is 12.6. The molecular weight excluding hydrogens is 288 g/mol. The van der Waals surface area contributed by atoms with Crippen LogP contribution in [0.4, 0.5) is 0 Å². The summed E-state index contributed by atoms with van der Waals surface area (Å²) in [5.41, 5.74) is 0. The lowest BCUT2D eigenvalue weighted by Crippen LogP contribution is -2.40. The third-order valence-corrected chi connectivity index (χ3v) is 6.73. The van der Waals surface area contributed by atoms with Gasteiger partial charge in [-0.05, 0) is 43.4 Å². The Balaban J connectivity index is 1.82. The minimum Gasteiger partial charge on any atom is -0.319 e. The quantitative estimate of drug-likeness (QED) is 0.926. The van der Waals surface area contributed by atoms with Crippen LogP contribution in [0.15, 0.2) is 17.5 Å². The predicted molar refractivity (Wildman–Crippen MR) is 86.1 cm³/mol. The molecule has 1 amide bonds. The van der Waals surface area contributed by atoms with Crippen molar-refractivity contribution in [1.29, 1.82) is 0 Å². The van der Waals surface area contributed by atoms with Crippen molar-refractivity contribution in [2.45, 2.75) is 50.1 Å². The number of hydrogen-bond donors (Lipinski definition) is 1. The Hall–Kier alpha value is -0.520. The highest BCUT2D eigenvalue weighted by Crippen LogP contribution is 2.41. The number of thiophene rings is 1. The third-order valence-electron chi connectivity index (χ3n) is 4.28. The zero-order valence-corrected chi connectivity index (χ0v) is 13.7. The van der Waals surface area contributed by atoms with Crippen molar-refractivity contribution in [2.75, 3.05) is 12.3 Å². The largest absolute Gasteiger partial charge is 0.319 e. The zero-order valence-electron chi connectivity index (χ0n) is 12.1. The van der Waals surface area contributed by atoms with Gasteiger partial charge in [0.15, 0.2) is 0 Å². The SMILES string of the molecule is CCC1NC(c2cccs2)N(CC2(C)CCCS2)C1=O. The van der Waals surface area contributed by atoms with E-state index < -0.39 is 0 Å². The average Bonchev–Trinajstić information content (AvgIpc) is 3.13. The summed E-state index contributed by atoms with van der Waals surface area (Å²) in [6, 6.07) is 4.18. The maximum atomic E-state index is 12.6. The Morgan fingerprint density at radius 2 is 2.40 bits per heavy atom. The van der Waals surface area contributed by atoms with Crippen LogP contribution in [0.2, 0.25) is 0 Å². The second kappa shape index (κ2) is 5.70. The van der Waals surface area contributed by atoms with Gasteiger partial charge in [0.1, 0.15) is 6.17 Å². The molecule has 3 unspecified atom stereocenters. The van der Waals surface area contributed by atoms with Gasteiger partial charge in [-0.25, -0.2) is 0 Å². The van der Waals surface area contributed by atoms with Gasteiger partial charge in [0.2, 0.25) is 5.91 Å². The van der Waals surface area contributed by atoms with Crippen LogP contribution in [0.5, 0.6) is 0 Å². The average molecular weight is 310 g/mol. The lowest BCUT2D eigenvalue weighted by Gasteiger charge is -2.32. The van der Waals surface area contributed by atoms with Gasteiger partial charge in [-0.15, -0.1) is 11.3 Å². The van der Waals surface area contributed by atoms with Crippen LogP contribution in [0, 0.1) is 0 Å². The fraction of sp³-hybridized carbons (Fsp3) is 0.667. The van der Waals surface area contributed by atoms with Gasteiger partial charge in [0.25, 0.3) is 0 Å². The number of nitrogens with one attached hydrogen (secondary N) is 1. The van der Waals surface area contributed by atoms with Gasteiger partial charge in [0.05, 0.1) is 6.04 Å². The molecule has 0 aromatic carbocycles. The third kappa shape index (κ3) is 2.63. The summed E-state index contributed by atoms with van der Waals surface area (Å²) < 4.78 is 0.232. The van der Waals surface area contributed by atoms with Crippen LogP contribution in [0.25, 0.3) is 0 Å². The predicted octanol–water partition coefficient (Wildman–Crippen LogP) is 3.24. The molecule has 110 valence electrons. The van der Waals surface area contributed by atoms with Gasteiger partial charge in [0, 0.05) is 16.2 Å². The molecule has 1 N–H and O–H groups in total. The lowest BCUT2D eigenvalue weighted by molar-refractivity contribution is -0.130. The number of nitrogens with zero attached hydrogens (tertiary/aromatic N) is 1. The number of thioether (sulfide) groups is 1. The van der Waals surface area contributed by atoms with E-state index >= 15 is 0 Å². The van der Waals surface area contributed by atoms with Crippen LogP contribution in [-0.2, 0) is 4.79 Å². The standard InChI is InChI=1S/C15H22N2OS2/c1-3-11-14(18)17(10-15(2)7-5-9-20-15)13(16-11)12-6-4-8-19-12/h4,6,8,11,13,16H,3,5,7,9-10H2,1-2H3. The van der Waals surface area contributed by atoms with Crippen molar-refractivity contribution in [3.63, 3.8) is 0 Å². The summed E-state index contributed by atoms with van der Waals surface area (Å²) >= 11 is 3.76. The summed E-state index contributed by atoms with van der Waals surface area (Å²) in [7, 11) is 0. The Kier molecular flexibility index (Phi) is 4.11. The van der Waals surface area contributed by atoms with Crippen molar-refractivity contribution in [3.8, 4) is 0 Å². The smallest absolute Gasteiger partial charge is 0.241 e. The zero-order chi connectivity index (χ0) is 14.2. The first kappa shape index (κ1) is 14.4. The van der Waals surface area contributed by atoms with Crippen LogP contribution < -0.4 is 5.32 Å². The van der Waals surface area contributed by atoms with Crippen LogP contribution >= 0.6 is 23.1 Å². The Morgan fingerprint density at radius 3 is 3.00 bits per heavy atom. The first-order valence-corrected chi connectivity index (χ1v) is 9.23. The molecule has 2 aliphatic heterocycles. The molecule has 5 heteroatoms. The topological polar surface area (TPSA) is 32.3 Å². The summed E-state index contributed by atoms with van der Waals surface area (Å²) in [4.78, 5) is 16.0. The van der Waals surface area contributed by atoms with E-state index in [1.165, 1.54) is 23.5 Å². The first-order chi connectivity index (χ1) is 9.63.